The normalized spacial score (nSPS) is 17.7. The summed E-state index contributed by atoms with van der Waals surface area (Å²) in [7, 11) is 0. The molecule has 7 heteroatoms. The number of hydrogen-bond acceptors (Lipinski definition) is 5. The molecule has 2 N–H and O–H groups in total. The summed E-state index contributed by atoms with van der Waals surface area (Å²) in [5, 5.41) is 21.5. The summed E-state index contributed by atoms with van der Waals surface area (Å²) in [6, 6.07) is 20.3. The number of amides is 1. The third-order valence-corrected chi connectivity index (χ3v) is 5.85. The Kier molecular flexibility index (Phi) is 4.94. The highest BCUT2D eigenvalue weighted by Gasteiger charge is 2.46. The molecule has 1 unspecified atom stereocenters. The number of aliphatic hydroxyl groups is 1. The Balaban J connectivity index is 1.73. The van der Waals surface area contributed by atoms with E-state index in [1.807, 2.05) is 36.4 Å². The number of ketones is 1. The van der Waals surface area contributed by atoms with E-state index >= 15 is 0 Å². The molecule has 2 aromatic heterocycles. The van der Waals surface area contributed by atoms with Gasteiger partial charge in [0.15, 0.2) is 5.76 Å². The van der Waals surface area contributed by atoms with Crippen molar-refractivity contribution in [2.75, 3.05) is 0 Å². The minimum atomic E-state index is -0.869. The Morgan fingerprint density at radius 2 is 1.76 bits per heavy atom. The molecular weight excluding hydrogens is 418 g/mol. The van der Waals surface area contributed by atoms with E-state index in [1.165, 1.54) is 17.0 Å². The zero-order valence-electron chi connectivity index (χ0n) is 17.8. The quantitative estimate of drug-likeness (QED) is 0.285. The van der Waals surface area contributed by atoms with Crippen molar-refractivity contribution in [3.05, 3.63) is 107 Å². The van der Waals surface area contributed by atoms with Gasteiger partial charge in [-0.1, -0.05) is 48.5 Å². The maximum Gasteiger partial charge on any atom is 0.295 e. The molecule has 5 rings (SSSR count). The van der Waals surface area contributed by atoms with Crippen molar-refractivity contribution in [3.8, 4) is 5.75 Å². The molecule has 1 fully saturated rings. The summed E-state index contributed by atoms with van der Waals surface area (Å²) in [5.41, 5.74) is 2.84. The number of pyridine rings is 1. The summed E-state index contributed by atoms with van der Waals surface area (Å²) >= 11 is 0. The predicted octanol–water partition coefficient (Wildman–Crippen LogP) is 3.97. The van der Waals surface area contributed by atoms with Crippen LogP contribution < -0.4 is 0 Å². The smallest absolute Gasteiger partial charge is 0.295 e. The molecule has 1 aliphatic rings. The van der Waals surface area contributed by atoms with E-state index in [2.05, 4.69) is 4.98 Å². The maximum atomic E-state index is 13.3. The first-order chi connectivity index (χ1) is 16.0. The van der Waals surface area contributed by atoms with Gasteiger partial charge in [-0.2, -0.15) is 0 Å². The third-order valence-electron chi connectivity index (χ3n) is 5.85. The molecule has 0 aliphatic carbocycles. The molecule has 0 spiro atoms. The van der Waals surface area contributed by atoms with E-state index in [0.717, 1.165) is 5.56 Å². The van der Waals surface area contributed by atoms with E-state index in [1.54, 1.807) is 41.8 Å². The van der Waals surface area contributed by atoms with Crippen molar-refractivity contribution in [2.24, 2.45) is 0 Å². The van der Waals surface area contributed by atoms with Crippen LogP contribution in [-0.4, -0.2) is 36.2 Å². The highest BCUT2D eigenvalue weighted by Crippen LogP contribution is 2.41. The summed E-state index contributed by atoms with van der Waals surface area (Å²) in [6.07, 6.45) is 1.74. The van der Waals surface area contributed by atoms with Gasteiger partial charge in [0, 0.05) is 12.7 Å². The number of carbonyl (C=O) groups is 2. The average Bonchev–Trinajstić information content (AvgIpc) is 3.28. The summed E-state index contributed by atoms with van der Waals surface area (Å²) in [4.78, 5) is 32.3. The summed E-state index contributed by atoms with van der Waals surface area (Å²) < 4.78 is 1.69. The first-order valence-electron chi connectivity index (χ1n) is 10.5. The van der Waals surface area contributed by atoms with Crippen molar-refractivity contribution in [1.82, 2.24) is 14.3 Å². The lowest BCUT2D eigenvalue weighted by Gasteiger charge is -2.25. The molecule has 1 aliphatic heterocycles. The maximum absolute atomic E-state index is 13.3. The summed E-state index contributed by atoms with van der Waals surface area (Å²) in [6.45, 7) is 1.92. The van der Waals surface area contributed by atoms with E-state index in [9.17, 15) is 19.8 Å². The number of Topliss-reactive ketones (excluding diaryl/α,β-unsaturated/α-hetero) is 1. The molecule has 1 atom stereocenters. The standard InChI is InChI=1S/C26H21N3O4/c1-16-22(28-13-6-5-12-20(28)27-16)24(31)21-23(18-10-7-11-19(30)14-18)29(26(33)25(21)32)15-17-8-3-2-4-9-17/h2-14,23,30-31H,15H2,1H3. The number of likely N-dealkylation sites (tertiary alicyclic amines) is 1. The van der Waals surface area contributed by atoms with Gasteiger partial charge in [-0.25, -0.2) is 4.98 Å². The number of aryl methyl sites for hydroxylation is 1. The largest absolute Gasteiger partial charge is 0.508 e. The van der Waals surface area contributed by atoms with E-state index in [0.29, 0.717) is 22.6 Å². The van der Waals surface area contributed by atoms with E-state index < -0.39 is 17.7 Å². The predicted molar refractivity (Wildman–Crippen MR) is 122 cm³/mol. The second-order valence-corrected chi connectivity index (χ2v) is 7.98. The molecule has 2 aromatic carbocycles. The second-order valence-electron chi connectivity index (χ2n) is 7.98. The molecule has 3 heterocycles. The van der Waals surface area contributed by atoms with Gasteiger partial charge in [0.25, 0.3) is 11.7 Å². The number of carbonyl (C=O) groups excluding carboxylic acids is 2. The van der Waals surface area contributed by atoms with Gasteiger partial charge in [-0.3, -0.25) is 14.0 Å². The van der Waals surface area contributed by atoms with Crippen LogP contribution in [0.15, 0.2) is 84.6 Å². The molecule has 0 radical (unpaired) electrons. The lowest BCUT2D eigenvalue weighted by atomic mass is 9.96. The lowest BCUT2D eigenvalue weighted by Crippen LogP contribution is -2.29. The first-order valence-corrected chi connectivity index (χ1v) is 10.5. The Morgan fingerprint density at radius 1 is 1.00 bits per heavy atom. The SMILES string of the molecule is Cc1nc2ccccn2c1C(O)=C1C(=O)C(=O)N(Cc2ccccc2)C1c1cccc(O)c1. The number of aliphatic hydroxyl groups excluding tert-OH is 1. The number of nitrogens with zero attached hydrogens (tertiary/aromatic N) is 3. The van der Waals surface area contributed by atoms with E-state index in [4.69, 9.17) is 0 Å². The van der Waals surface area contributed by atoms with Gasteiger partial charge in [-0.15, -0.1) is 0 Å². The van der Waals surface area contributed by atoms with Gasteiger partial charge in [-0.05, 0) is 42.3 Å². The fraction of sp³-hybridized carbons (Fsp3) is 0.115. The number of phenols is 1. The fourth-order valence-electron chi connectivity index (χ4n) is 4.39. The van der Waals surface area contributed by atoms with Crippen molar-refractivity contribution >= 4 is 23.1 Å². The van der Waals surface area contributed by atoms with Crippen molar-refractivity contribution < 1.29 is 19.8 Å². The van der Waals surface area contributed by atoms with Crippen LogP contribution in [-0.2, 0) is 16.1 Å². The third kappa shape index (κ3) is 3.43. The summed E-state index contributed by atoms with van der Waals surface area (Å²) in [5.74, 6) is -1.78. The minimum absolute atomic E-state index is 0.00350. The van der Waals surface area contributed by atoms with Crippen molar-refractivity contribution in [1.29, 1.82) is 0 Å². The number of rotatable bonds is 4. The number of aromatic nitrogens is 2. The average molecular weight is 439 g/mol. The molecule has 7 nitrogen and oxygen atoms in total. The topological polar surface area (TPSA) is 95.1 Å². The second kappa shape index (κ2) is 7.94. The van der Waals surface area contributed by atoms with Crippen LogP contribution in [0.3, 0.4) is 0 Å². The number of aromatic hydroxyl groups is 1. The Bertz CT molecular complexity index is 1420. The Labute approximate surface area is 189 Å². The van der Waals surface area contributed by atoms with Crippen LogP contribution in [0.2, 0.25) is 0 Å². The molecule has 164 valence electrons. The van der Waals surface area contributed by atoms with Crippen LogP contribution in [0, 0.1) is 6.92 Å². The molecule has 4 aromatic rings. The van der Waals surface area contributed by atoms with Crippen LogP contribution >= 0.6 is 0 Å². The highest BCUT2D eigenvalue weighted by atomic mass is 16.3. The van der Waals surface area contributed by atoms with Crippen LogP contribution in [0.4, 0.5) is 0 Å². The molecule has 1 saturated heterocycles. The molecule has 33 heavy (non-hydrogen) atoms. The van der Waals surface area contributed by atoms with Crippen LogP contribution in [0.25, 0.3) is 11.4 Å². The highest BCUT2D eigenvalue weighted by molar-refractivity contribution is 6.46. The zero-order valence-corrected chi connectivity index (χ0v) is 17.8. The fourth-order valence-corrected chi connectivity index (χ4v) is 4.39. The molecule has 0 saturated carbocycles. The van der Waals surface area contributed by atoms with E-state index in [-0.39, 0.29) is 23.6 Å². The van der Waals surface area contributed by atoms with Crippen molar-refractivity contribution in [3.63, 3.8) is 0 Å². The van der Waals surface area contributed by atoms with Gasteiger partial charge >= 0.3 is 0 Å². The number of benzene rings is 2. The van der Waals surface area contributed by atoms with Gasteiger partial charge in [0.1, 0.15) is 17.1 Å². The number of fused-ring (bicyclic) bond motifs is 1. The lowest BCUT2D eigenvalue weighted by molar-refractivity contribution is -0.140. The van der Waals surface area contributed by atoms with Gasteiger partial charge in [0.2, 0.25) is 0 Å². The van der Waals surface area contributed by atoms with Crippen molar-refractivity contribution in [2.45, 2.75) is 19.5 Å². The Morgan fingerprint density at radius 3 is 2.52 bits per heavy atom. The minimum Gasteiger partial charge on any atom is -0.508 e. The van der Waals surface area contributed by atoms with Gasteiger partial charge < -0.3 is 15.1 Å². The van der Waals surface area contributed by atoms with Crippen LogP contribution in [0.1, 0.15) is 28.6 Å². The molecule has 1 amide bonds. The van der Waals surface area contributed by atoms with Gasteiger partial charge in [0.05, 0.1) is 17.3 Å². The number of phenolic OH excluding ortho intramolecular Hbond substituents is 1. The molecule has 0 bridgehead atoms. The number of imidazole rings is 1. The van der Waals surface area contributed by atoms with Crippen LogP contribution in [0.5, 0.6) is 5.75 Å². The monoisotopic (exact) mass is 439 g/mol. The Hall–Kier alpha value is -4.39. The molecular formula is C26H21N3O4. The first kappa shape index (κ1) is 20.5. The zero-order chi connectivity index (χ0) is 23.1. The number of hydrogen-bond donors (Lipinski definition) is 2.